The van der Waals surface area contributed by atoms with Gasteiger partial charge in [-0.25, -0.2) is 4.79 Å². The third-order valence-electron chi connectivity index (χ3n) is 3.73. The molecule has 0 saturated carbocycles. The summed E-state index contributed by atoms with van der Waals surface area (Å²) in [6, 6.07) is 6.23. The minimum Gasteiger partial charge on any atom is -0.497 e. The molecule has 22 heavy (non-hydrogen) atoms. The van der Waals surface area contributed by atoms with E-state index < -0.39 is 5.97 Å². The average molecular weight is 307 g/mol. The van der Waals surface area contributed by atoms with Crippen LogP contribution in [-0.2, 0) is 0 Å². The van der Waals surface area contributed by atoms with Gasteiger partial charge in [-0.05, 0) is 70.7 Å². The van der Waals surface area contributed by atoms with Gasteiger partial charge >= 0.3 is 5.97 Å². The summed E-state index contributed by atoms with van der Waals surface area (Å²) in [5, 5.41) is 12.2. The van der Waals surface area contributed by atoms with E-state index in [9.17, 15) is 4.79 Å². The molecule has 2 N–H and O–H groups in total. The van der Waals surface area contributed by atoms with Crippen molar-refractivity contribution >= 4 is 5.97 Å². The number of aromatic carboxylic acids is 1. The molecule has 0 amide bonds. The largest absolute Gasteiger partial charge is 0.497 e. The zero-order valence-electron chi connectivity index (χ0n) is 14.6. The molecule has 124 valence electrons. The fourth-order valence-electron chi connectivity index (χ4n) is 3.57. The second kappa shape index (κ2) is 7.14. The van der Waals surface area contributed by atoms with Crippen molar-refractivity contribution in [1.29, 1.82) is 0 Å². The molecule has 1 saturated heterocycles. The molecule has 0 radical (unpaired) electrons. The lowest BCUT2D eigenvalue weighted by molar-refractivity contribution is 0.0697. The van der Waals surface area contributed by atoms with E-state index in [0.29, 0.717) is 16.8 Å². The Kier molecular flexibility index (Phi) is 6.00. The Labute approximate surface area is 133 Å². The molecule has 0 aromatic heterocycles. The molecule has 1 heterocycles. The van der Waals surface area contributed by atoms with Gasteiger partial charge in [-0.2, -0.15) is 0 Å². The number of hydrogen-bond acceptors (Lipinski definition) is 3. The van der Waals surface area contributed by atoms with Crippen molar-refractivity contribution < 1.29 is 14.6 Å². The number of rotatable bonds is 2. The first-order valence-corrected chi connectivity index (χ1v) is 7.71. The normalized spacial score (nSPS) is 19.7. The van der Waals surface area contributed by atoms with E-state index >= 15 is 0 Å². The van der Waals surface area contributed by atoms with Crippen molar-refractivity contribution in [2.24, 2.45) is 5.92 Å². The van der Waals surface area contributed by atoms with Crippen molar-refractivity contribution in [1.82, 2.24) is 5.32 Å². The van der Waals surface area contributed by atoms with E-state index in [2.05, 4.69) is 39.9 Å². The number of methoxy groups -OCH3 is 1. The van der Waals surface area contributed by atoms with Gasteiger partial charge < -0.3 is 15.2 Å². The molecule has 0 atom stereocenters. The number of carbonyl (C=O) groups is 1. The van der Waals surface area contributed by atoms with Gasteiger partial charge in [0.15, 0.2) is 0 Å². The standard InChI is InChI=1S/C10H21N.C8H8O3/c1-8-6-9(2,3)11-10(4,5)7-8;1-11-7-4-2-6(3-5-7)8(9)10/h8,11H,6-7H2,1-5H3;2-5H,1H3,(H,9,10). The van der Waals surface area contributed by atoms with Crippen LogP contribution in [0.25, 0.3) is 0 Å². The zero-order valence-corrected chi connectivity index (χ0v) is 14.6. The predicted octanol–water partition coefficient (Wildman–Crippen LogP) is 3.96. The van der Waals surface area contributed by atoms with Crippen LogP contribution in [0.1, 0.15) is 57.8 Å². The fraction of sp³-hybridized carbons (Fsp3) is 0.611. The van der Waals surface area contributed by atoms with Crippen LogP contribution in [0.2, 0.25) is 0 Å². The molecule has 2 rings (SSSR count). The number of carboxylic acid groups (broad SMARTS) is 1. The van der Waals surface area contributed by atoms with Crippen molar-refractivity contribution in [3.05, 3.63) is 29.8 Å². The van der Waals surface area contributed by atoms with Gasteiger partial charge in [0.1, 0.15) is 5.75 Å². The summed E-state index contributed by atoms with van der Waals surface area (Å²) in [4.78, 5) is 10.4. The van der Waals surface area contributed by atoms with Gasteiger partial charge in [0.2, 0.25) is 0 Å². The molecule has 0 aliphatic carbocycles. The predicted molar refractivity (Wildman–Crippen MR) is 89.6 cm³/mol. The maximum atomic E-state index is 10.4. The minimum absolute atomic E-state index is 0.269. The maximum Gasteiger partial charge on any atom is 0.335 e. The van der Waals surface area contributed by atoms with E-state index in [-0.39, 0.29) is 5.56 Å². The van der Waals surface area contributed by atoms with Gasteiger partial charge in [-0.15, -0.1) is 0 Å². The zero-order chi connectivity index (χ0) is 17.0. The van der Waals surface area contributed by atoms with Crippen LogP contribution in [0.4, 0.5) is 0 Å². The second-order valence-corrected chi connectivity index (χ2v) is 7.44. The minimum atomic E-state index is -0.923. The number of nitrogens with one attached hydrogen (secondary N) is 1. The molecule has 0 spiro atoms. The van der Waals surface area contributed by atoms with Crippen LogP contribution in [0.3, 0.4) is 0 Å². The molecule has 1 aromatic carbocycles. The van der Waals surface area contributed by atoms with Gasteiger partial charge in [0.25, 0.3) is 0 Å². The number of ether oxygens (including phenoxy) is 1. The molecule has 1 fully saturated rings. The lowest BCUT2D eigenvalue weighted by Gasteiger charge is -2.45. The highest BCUT2D eigenvalue weighted by Gasteiger charge is 2.35. The molecule has 4 heteroatoms. The lowest BCUT2D eigenvalue weighted by Crippen LogP contribution is -2.57. The highest BCUT2D eigenvalue weighted by atomic mass is 16.5. The number of carboxylic acids is 1. The third-order valence-corrected chi connectivity index (χ3v) is 3.73. The van der Waals surface area contributed by atoms with Gasteiger partial charge in [-0.3, -0.25) is 0 Å². The fourth-order valence-corrected chi connectivity index (χ4v) is 3.57. The van der Waals surface area contributed by atoms with Crippen LogP contribution < -0.4 is 10.1 Å². The molecule has 0 bridgehead atoms. The van der Waals surface area contributed by atoms with E-state index in [1.54, 1.807) is 12.1 Å². The molecule has 1 aliphatic heterocycles. The summed E-state index contributed by atoms with van der Waals surface area (Å²) in [6.45, 7) is 11.5. The number of benzene rings is 1. The summed E-state index contributed by atoms with van der Waals surface area (Å²) < 4.78 is 4.86. The number of hydrogen-bond donors (Lipinski definition) is 2. The lowest BCUT2D eigenvalue weighted by atomic mass is 9.77. The Hall–Kier alpha value is -1.55. The Bertz CT molecular complexity index is 476. The summed E-state index contributed by atoms with van der Waals surface area (Å²) >= 11 is 0. The SMILES string of the molecule is CC1CC(C)(C)NC(C)(C)C1.COc1ccc(C(=O)O)cc1. The van der Waals surface area contributed by atoms with Crippen molar-refractivity contribution in [3.8, 4) is 5.75 Å². The van der Waals surface area contributed by atoms with Crippen LogP contribution in [0.5, 0.6) is 5.75 Å². The molecular formula is C18H29NO3. The number of piperidine rings is 1. The smallest absolute Gasteiger partial charge is 0.335 e. The second-order valence-electron chi connectivity index (χ2n) is 7.44. The summed E-state index contributed by atoms with van der Waals surface area (Å²) in [6.07, 6.45) is 2.60. The first kappa shape index (κ1) is 18.5. The summed E-state index contributed by atoms with van der Waals surface area (Å²) in [7, 11) is 1.54. The maximum absolute atomic E-state index is 10.4. The Balaban J connectivity index is 0.000000220. The van der Waals surface area contributed by atoms with Crippen LogP contribution >= 0.6 is 0 Å². The van der Waals surface area contributed by atoms with Gasteiger partial charge in [-0.1, -0.05) is 6.92 Å². The monoisotopic (exact) mass is 307 g/mol. The highest BCUT2D eigenvalue weighted by Crippen LogP contribution is 2.31. The Morgan fingerprint density at radius 2 is 1.59 bits per heavy atom. The van der Waals surface area contributed by atoms with E-state index in [0.717, 1.165) is 5.92 Å². The van der Waals surface area contributed by atoms with Crippen molar-refractivity contribution in [2.75, 3.05) is 7.11 Å². The van der Waals surface area contributed by atoms with Crippen molar-refractivity contribution in [2.45, 2.75) is 58.5 Å². The van der Waals surface area contributed by atoms with Crippen LogP contribution in [-0.4, -0.2) is 29.3 Å². The molecular weight excluding hydrogens is 278 g/mol. The average Bonchev–Trinajstić information content (AvgIpc) is 2.35. The van der Waals surface area contributed by atoms with Gasteiger partial charge in [0, 0.05) is 11.1 Å². The molecule has 1 aromatic rings. The Morgan fingerprint density at radius 1 is 1.14 bits per heavy atom. The summed E-state index contributed by atoms with van der Waals surface area (Å²) in [5.41, 5.74) is 0.938. The van der Waals surface area contributed by atoms with E-state index in [4.69, 9.17) is 9.84 Å². The van der Waals surface area contributed by atoms with E-state index in [1.807, 2.05) is 0 Å². The van der Waals surface area contributed by atoms with Crippen LogP contribution in [0, 0.1) is 5.92 Å². The quantitative estimate of drug-likeness (QED) is 0.868. The molecule has 1 aliphatic rings. The molecule has 4 nitrogen and oxygen atoms in total. The van der Waals surface area contributed by atoms with E-state index in [1.165, 1.54) is 32.1 Å². The van der Waals surface area contributed by atoms with Crippen LogP contribution in [0.15, 0.2) is 24.3 Å². The Morgan fingerprint density at radius 3 is 1.91 bits per heavy atom. The third kappa shape index (κ3) is 6.06. The first-order valence-electron chi connectivity index (χ1n) is 7.71. The highest BCUT2D eigenvalue weighted by molar-refractivity contribution is 5.87. The molecule has 0 unspecified atom stereocenters. The first-order chi connectivity index (χ1) is 10.0. The topological polar surface area (TPSA) is 58.6 Å². The summed E-state index contributed by atoms with van der Waals surface area (Å²) in [5.74, 6) is 0.601. The van der Waals surface area contributed by atoms with Crippen molar-refractivity contribution in [3.63, 3.8) is 0 Å². The van der Waals surface area contributed by atoms with Gasteiger partial charge in [0.05, 0.1) is 12.7 Å².